The smallest absolute Gasteiger partial charge is 0.263 e. The Labute approximate surface area is 176 Å². The first-order chi connectivity index (χ1) is 14.5. The van der Waals surface area contributed by atoms with Crippen molar-refractivity contribution >= 4 is 5.82 Å². The zero-order chi connectivity index (χ0) is 22.1. The number of aliphatic hydroxyl groups is 1. The normalized spacial score (nSPS) is 16.1. The van der Waals surface area contributed by atoms with Crippen LogP contribution in [-0.4, -0.2) is 33.1 Å². The summed E-state index contributed by atoms with van der Waals surface area (Å²) >= 11 is 0. The van der Waals surface area contributed by atoms with Gasteiger partial charge >= 0.3 is 0 Å². The van der Waals surface area contributed by atoms with Gasteiger partial charge in [0.2, 0.25) is 0 Å². The Morgan fingerprint density at radius 2 is 1.80 bits per heavy atom. The molecule has 6 nitrogen and oxygen atoms in total. The van der Waals surface area contributed by atoms with Gasteiger partial charge in [-0.15, -0.1) is 10.2 Å². The van der Waals surface area contributed by atoms with E-state index >= 15 is 0 Å². The number of hydrogen-bond acceptors (Lipinski definition) is 6. The zero-order valence-corrected chi connectivity index (χ0v) is 17.6. The summed E-state index contributed by atoms with van der Waals surface area (Å²) in [5.74, 6) is 0.0395. The van der Waals surface area contributed by atoms with Gasteiger partial charge in [0.15, 0.2) is 5.82 Å². The molecule has 0 atom stereocenters. The summed E-state index contributed by atoms with van der Waals surface area (Å²) in [6, 6.07) is 3.74. The van der Waals surface area contributed by atoms with Crippen LogP contribution in [0, 0.1) is 0 Å². The average molecular weight is 424 g/mol. The molecular weight excluding hydrogens is 392 g/mol. The first-order valence-corrected chi connectivity index (χ1v) is 10.5. The van der Waals surface area contributed by atoms with Crippen molar-refractivity contribution in [3.8, 4) is 17.0 Å². The van der Waals surface area contributed by atoms with E-state index < -0.39 is 6.43 Å². The van der Waals surface area contributed by atoms with E-state index in [9.17, 15) is 13.9 Å². The van der Waals surface area contributed by atoms with Crippen LogP contribution in [0.3, 0.4) is 0 Å². The summed E-state index contributed by atoms with van der Waals surface area (Å²) in [7, 11) is 0. The molecule has 0 saturated heterocycles. The summed E-state index contributed by atoms with van der Waals surface area (Å²) in [6.45, 7) is 4.85. The van der Waals surface area contributed by atoms with Gasteiger partial charge in [-0.3, -0.25) is 0 Å². The van der Waals surface area contributed by atoms with Gasteiger partial charge in [-0.1, -0.05) is 39.2 Å². The fourth-order valence-corrected chi connectivity index (χ4v) is 3.48. The van der Waals surface area contributed by atoms with Crippen molar-refractivity contribution in [1.29, 1.82) is 0 Å². The Hall–Kier alpha value is -2.32. The maximum Gasteiger partial charge on any atom is 0.263 e. The monoisotopic (exact) mass is 423 g/mol. The van der Waals surface area contributed by atoms with E-state index in [-0.39, 0.29) is 23.2 Å². The number of rotatable bonds is 2. The third-order valence-corrected chi connectivity index (χ3v) is 5.06. The highest BCUT2D eigenvalue weighted by Gasteiger charge is 2.22. The second-order valence-corrected chi connectivity index (χ2v) is 7.06. The molecule has 2 heterocycles. The maximum absolute atomic E-state index is 12.6. The molecule has 1 saturated carbocycles. The van der Waals surface area contributed by atoms with Crippen LogP contribution in [-0.2, 0) is 17.8 Å². The van der Waals surface area contributed by atoms with Crippen LogP contribution in [0.5, 0.6) is 5.75 Å². The fourth-order valence-electron chi connectivity index (χ4n) is 3.48. The molecule has 2 aromatic rings. The number of fused-ring (bicyclic) bond motifs is 1. The number of phenols is 1. The second-order valence-electron chi connectivity index (χ2n) is 7.06. The highest BCUT2D eigenvalue weighted by atomic mass is 19.3. The number of alkyl halides is 2. The van der Waals surface area contributed by atoms with Crippen LogP contribution < -0.4 is 5.73 Å². The van der Waals surface area contributed by atoms with Crippen molar-refractivity contribution in [3.05, 3.63) is 34.9 Å². The number of anilines is 1. The summed E-state index contributed by atoms with van der Waals surface area (Å²) < 4.78 is 30.6. The summed E-state index contributed by atoms with van der Waals surface area (Å²) in [5, 5.41) is 26.8. The van der Waals surface area contributed by atoms with E-state index in [0.29, 0.717) is 30.9 Å². The molecule has 1 fully saturated rings. The minimum absolute atomic E-state index is 0.0359. The number of halogens is 2. The second kappa shape index (κ2) is 11.8. The lowest BCUT2D eigenvalue weighted by Crippen LogP contribution is -2.16. The van der Waals surface area contributed by atoms with E-state index in [4.69, 9.17) is 15.6 Å². The predicted molar refractivity (Wildman–Crippen MR) is 112 cm³/mol. The molecule has 0 bridgehead atoms. The number of hydrogen-bond donors (Lipinski definition) is 3. The SMILES string of the molecule is CC.Nc1nnc(-c2ccc(C(F)F)cc2O)c2c1COCC2.OC1CCCCC1. The number of aromatic nitrogens is 2. The van der Waals surface area contributed by atoms with Gasteiger partial charge in [0.05, 0.1) is 19.3 Å². The number of nitrogens with two attached hydrogens (primary N) is 1. The molecule has 2 aliphatic rings. The van der Waals surface area contributed by atoms with E-state index in [1.807, 2.05) is 13.8 Å². The molecule has 0 spiro atoms. The molecular formula is C22H31F2N3O3. The van der Waals surface area contributed by atoms with Gasteiger partial charge in [-0.05, 0) is 37.0 Å². The Morgan fingerprint density at radius 1 is 1.10 bits per heavy atom. The minimum Gasteiger partial charge on any atom is -0.507 e. The van der Waals surface area contributed by atoms with Crippen LogP contribution in [0.15, 0.2) is 18.2 Å². The van der Waals surface area contributed by atoms with Gasteiger partial charge in [0.25, 0.3) is 6.43 Å². The number of nitrogen functional groups attached to an aromatic ring is 1. The molecule has 1 aromatic carbocycles. The first kappa shape index (κ1) is 24.0. The van der Waals surface area contributed by atoms with Gasteiger partial charge in [-0.2, -0.15) is 0 Å². The highest BCUT2D eigenvalue weighted by molar-refractivity contribution is 5.72. The third-order valence-electron chi connectivity index (χ3n) is 5.06. The molecule has 0 amide bonds. The van der Waals surface area contributed by atoms with Crippen molar-refractivity contribution in [3.63, 3.8) is 0 Å². The largest absolute Gasteiger partial charge is 0.507 e. The van der Waals surface area contributed by atoms with E-state index in [1.165, 1.54) is 31.4 Å². The van der Waals surface area contributed by atoms with Crippen molar-refractivity contribution in [1.82, 2.24) is 10.2 Å². The maximum atomic E-state index is 12.6. The van der Waals surface area contributed by atoms with E-state index in [0.717, 1.165) is 30.0 Å². The Bertz CT molecular complexity index is 812. The van der Waals surface area contributed by atoms with Crippen LogP contribution in [0.4, 0.5) is 14.6 Å². The van der Waals surface area contributed by atoms with Gasteiger partial charge in [0, 0.05) is 16.7 Å². The van der Waals surface area contributed by atoms with Crippen molar-refractivity contribution in [2.75, 3.05) is 12.3 Å². The molecule has 0 radical (unpaired) electrons. The van der Waals surface area contributed by atoms with Crippen LogP contribution in [0.25, 0.3) is 11.3 Å². The molecule has 166 valence electrons. The molecule has 1 aliphatic carbocycles. The van der Waals surface area contributed by atoms with Gasteiger partial charge in [-0.25, -0.2) is 8.78 Å². The lowest BCUT2D eigenvalue weighted by molar-refractivity contribution is 0.111. The standard InChI is InChI=1S/C14H13F2N3O2.C6H12O.C2H6/c15-13(16)7-1-2-9(11(20)5-7)12-8-3-4-21-6-10(8)14(17)19-18-12;7-6-4-2-1-3-5-6;1-2/h1-2,5,13,20H,3-4,6H2,(H2,17,19);6-7H,1-5H2;1-2H3. The van der Waals surface area contributed by atoms with E-state index in [2.05, 4.69) is 10.2 Å². The number of aliphatic hydroxyl groups excluding tert-OH is 1. The Kier molecular flexibility index (Phi) is 9.39. The molecule has 4 rings (SSSR count). The number of benzene rings is 1. The average Bonchev–Trinajstić information content (AvgIpc) is 2.77. The number of phenolic OH excluding ortho intramolecular Hbond substituents is 1. The number of ether oxygens (including phenoxy) is 1. The highest BCUT2D eigenvalue weighted by Crippen LogP contribution is 2.36. The summed E-state index contributed by atoms with van der Waals surface area (Å²) in [5.41, 5.74) is 7.94. The molecule has 1 aliphatic heterocycles. The van der Waals surface area contributed by atoms with Crippen molar-refractivity contribution in [2.45, 2.75) is 71.5 Å². The minimum atomic E-state index is -2.63. The van der Waals surface area contributed by atoms with E-state index in [1.54, 1.807) is 0 Å². The van der Waals surface area contributed by atoms with Gasteiger partial charge in [0.1, 0.15) is 11.4 Å². The third kappa shape index (κ3) is 6.09. The first-order valence-electron chi connectivity index (χ1n) is 10.5. The molecule has 1 aromatic heterocycles. The van der Waals surface area contributed by atoms with Crippen LogP contribution >= 0.6 is 0 Å². The zero-order valence-electron chi connectivity index (χ0n) is 17.6. The molecule has 0 unspecified atom stereocenters. The molecule has 4 N–H and O–H groups in total. The number of nitrogens with zero attached hydrogens (tertiary/aromatic N) is 2. The van der Waals surface area contributed by atoms with Crippen molar-refractivity contribution in [2.24, 2.45) is 0 Å². The van der Waals surface area contributed by atoms with Crippen LogP contribution in [0.1, 0.15) is 69.1 Å². The van der Waals surface area contributed by atoms with Crippen molar-refractivity contribution < 1.29 is 23.7 Å². The number of aromatic hydroxyl groups is 1. The fraction of sp³-hybridized carbons (Fsp3) is 0.545. The van der Waals surface area contributed by atoms with Gasteiger partial charge < -0.3 is 20.7 Å². The summed E-state index contributed by atoms with van der Waals surface area (Å²) in [4.78, 5) is 0. The molecule has 8 heteroatoms. The molecule has 30 heavy (non-hydrogen) atoms. The topological polar surface area (TPSA) is 101 Å². The lowest BCUT2D eigenvalue weighted by Gasteiger charge is -2.20. The quantitative estimate of drug-likeness (QED) is 0.643. The van der Waals surface area contributed by atoms with Crippen LogP contribution in [0.2, 0.25) is 0 Å². The summed E-state index contributed by atoms with van der Waals surface area (Å²) in [6.07, 6.45) is 3.87. The Balaban J connectivity index is 0.000000299. The predicted octanol–water partition coefficient (Wildman–Crippen LogP) is 4.78. The Morgan fingerprint density at radius 3 is 2.37 bits per heavy atom. The lowest BCUT2D eigenvalue weighted by atomic mass is 9.97.